The third kappa shape index (κ3) is 2.79. The maximum atomic E-state index is 11.5. The van der Waals surface area contributed by atoms with Crippen LogP contribution in [0.25, 0.3) is 0 Å². The average molecular weight is 219 g/mol. The largest absolute Gasteiger partial charge is 0.392 e. The summed E-state index contributed by atoms with van der Waals surface area (Å²) in [7, 11) is -1.90. The van der Waals surface area contributed by atoms with E-state index in [1.165, 1.54) is 24.0 Å². The van der Waals surface area contributed by atoms with Gasteiger partial charge in [0, 0.05) is 19.8 Å². The molecule has 0 bridgehead atoms. The van der Waals surface area contributed by atoms with Crippen LogP contribution in [0.1, 0.15) is 6.92 Å². The highest BCUT2D eigenvalue weighted by Gasteiger charge is 2.16. The van der Waals surface area contributed by atoms with E-state index < -0.39 is 16.1 Å². The number of imidazole rings is 1. The Balaban J connectivity index is 2.76. The Morgan fingerprint density at radius 1 is 1.71 bits per heavy atom. The van der Waals surface area contributed by atoms with Crippen LogP contribution in [0.2, 0.25) is 0 Å². The van der Waals surface area contributed by atoms with Gasteiger partial charge in [-0.25, -0.2) is 18.1 Å². The van der Waals surface area contributed by atoms with Crippen LogP contribution in [0, 0.1) is 0 Å². The molecule has 0 aliphatic carbocycles. The lowest BCUT2D eigenvalue weighted by molar-refractivity contribution is 0.198. The molecule has 0 fully saturated rings. The Bertz CT molecular complexity index is 396. The number of hydrogen-bond acceptors (Lipinski definition) is 4. The number of aliphatic hydroxyl groups excluding tert-OH is 1. The molecule has 0 saturated carbocycles. The van der Waals surface area contributed by atoms with E-state index in [2.05, 4.69) is 9.71 Å². The Labute approximate surface area is 82.6 Å². The van der Waals surface area contributed by atoms with Gasteiger partial charge < -0.3 is 9.67 Å². The monoisotopic (exact) mass is 219 g/mol. The second kappa shape index (κ2) is 4.07. The van der Waals surface area contributed by atoms with E-state index in [-0.39, 0.29) is 11.6 Å². The summed E-state index contributed by atoms with van der Waals surface area (Å²) >= 11 is 0. The molecule has 1 heterocycles. The first-order chi connectivity index (χ1) is 6.42. The van der Waals surface area contributed by atoms with Crippen molar-refractivity contribution in [2.75, 3.05) is 6.54 Å². The summed E-state index contributed by atoms with van der Waals surface area (Å²) in [6.07, 6.45) is 2.08. The number of hydrogen-bond donors (Lipinski definition) is 2. The van der Waals surface area contributed by atoms with Gasteiger partial charge in [-0.1, -0.05) is 0 Å². The first kappa shape index (κ1) is 11.2. The van der Waals surface area contributed by atoms with Crippen molar-refractivity contribution >= 4 is 10.0 Å². The number of aliphatic hydroxyl groups is 1. The van der Waals surface area contributed by atoms with Gasteiger partial charge in [-0.3, -0.25) is 0 Å². The van der Waals surface area contributed by atoms with Crippen molar-refractivity contribution in [3.63, 3.8) is 0 Å². The molecule has 0 aliphatic rings. The summed E-state index contributed by atoms with van der Waals surface area (Å²) in [6.45, 7) is 1.49. The van der Waals surface area contributed by atoms with Crippen molar-refractivity contribution in [1.29, 1.82) is 0 Å². The van der Waals surface area contributed by atoms with Crippen LogP contribution >= 0.6 is 0 Å². The third-order valence-electron chi connectivity index (χ3n) is 1.53. The average Bonchev–Trinajstić information content (AvgIpc) is 2.49. The molecule has 80 valence electrons. The lowest BCUT2D eigenvalue weighted by atomic mass is 10.4. The van der Waals surface area contributed by atoms with Crippen LogP contribution in [0.15, 0.2) is 17.6 Å². The van der Waals surface area contributed by atoms with Crippen molar-refractivity contribution < 1.29 is 13.5 Å². The Hall–Kier alpha value is -0.920. The fourth-order valence-corrected chi connectivity index (χ4v) is 1.93. The van der Waals surface area contributed by atoms with Crippen LogP contribution in [0.4, 0.5) is 0 Å². The highest BCUT2D eigenvalue weighted by molar-refractivity contribution is 7.89. The van der Waals surface area contributed by atoms with Gasteiger partial charge in [0.15, 0.2) is 5.03 Å². The molecule has 1 aromatic heterocycles. The summed E-state index contributed by atoms with van der Waals surface area (Å²) in [5, 5.41) is 8.87. The summed E-state index contributed by atoms with van der Waals surface area (Å²) in [5.41, 5.74) is 0. The van der Waals surface area contributed by atoms with Gasteiger partial charge in [-0.15, -0.1) is 0 Å². The van der Waals surface area contributed by atoms with E-state index >= 15 is 0 Å². The summed E-state index contributed by atoms with van der Waals surface area (Å²) in [6, 6.07) is 0. The number of nitrogens with one attached hydrogen (secondary N) is 1. The van der Waals surface area contributed by atoms with Gasteiger partial charge in [0.1, 0.15) is 0 Å². The van der Waals surface area contributed by atoms with Gasteiger partial charge >= 0.3 is 0 Å². The van der Waals surface area contributed by atoms with Gasteiger partial charge in [-0.05, 0) is 6.92 Å². The molecule has 2 N–H and O–H groups in total. The molecule has 0 saturated heterocycles. The molecule has 0 radical (unpaired) electrons. The predicted molar refractivity (Wildman–Crippen MR) is 50.1 cm³/mol. The van der Waals surface area contributed by atoms with E-state index in [0.717, 1.165) is 0 Å². The van der Waals surface area contributed by atoms with Crippen molar-refractivity contribution in [1.82, 2.24) is 14.3 Å². The van der Waals surface area contributed by atoms with E-state index in [9.17, 15) is 8.42 Å². The predicted octanol–water partition coefficient (Wildman–Crippen LogP) is -0.921. The number of rotatable bonds is 4. The smallest absolute Gasteiger partial charge is 0.259 e. The van der Waals surface area contributed by atoms with Crippen molar-refractivity contribution in [2.45, 2.75) is 18.1 Å². The molecule has 6 nitrogen and oxygen atoms in total. The first-order valence-electron chi connectivity index (χ1n) is 4.07. The summed E-state index contributed by atoms with van der Waals surface area (Å²) < 4.78 is 26.7. The molecular weight excluding hydrogens is 206 g/mol. The van der Waals surface area contributed by atoms with E-state index in [1.54, 1.807) is 7.05 Å². The van der Waals surface area contributed by atoms with E-state index in [0.29, 0.717) is 0 Å². The molecule has 0 unspecified atom stereocenters. The standard InChI is InChI=1S/C7H13N3O3S/c1-6(11)3-9-14(12,13)7-4-10(2)5-8-7/h4-6,9,11H,3H2,1-2H3/t6-/m1/s1. The van der Waals surface area contributed by atoms with Crippen molar-refractivity contribution in [3.8, 4) is 0 Å². The minimum atomic E-state index is -3.58. The van der Waals surface area contributed by atoms with E-state index in [4.69, 9.17) is 5.11 Å². The van der Waals surface area contributed by atoms with Gasteiger partial charge in [0.05, 0.1) is 12.4 Å². The first-order valence-corrected chi connectivity index (χ1v) is 5.56. The maximum Gasteiger partial charge on any atom is 0.259 e. The van der Waals surface area contributed by atoms with Crippen LogP contribution < -0.4 is 4.72 Å². The van der Waals surface area contributed by atoms with E-state index in [1.807, 2.05) is 0 Å². The molecule has 14 heavy (non-hydrogen) atoms. The number of aryl methyl sites for hydroxylation is 1. The quantitative estimate of drug-likeness (QED) is 0.686. The Morgan fingerprint density at radius 3 is 2.79 bits per heavy atom. The second-order valence-corrected chi connectivity index (χ2v) is 4.79. The topological polar surface area (TPSA) is 84.2 Å². The number of nitrogens with zero attached hydrogens (tertiary/aromatic N) is 2. The summed E-state index contributed by atoms with van der Waals surface area (Å²) in [5.74, 6) is 0. The normalized spacial score (nSPS) is 14.2. The molecule has 7 heteroatoms. The molecule has 1 rings (SSSR count). The fraction of sp³-hybridized carbons (Fsp3) is 0.571. The molecule has 1 aromatic rings. The minimum Gasteiger partial charge on any atom is -0.392 e. The van der Waals surface area contributed by atoms with Crippen molar-refractivity contribution in [2.24, 2.45) is 7.05 Å². The molecule has 0 spiro atoms. The van der Waals surface area contributed by atoms with Crippen LogP contribution in [0.3, 0.4) is 0 Å². The Kier molecular flexibility index (Phi) is 3.25. The second-order valence-electron chi connectivity index (χ2n) is 3.08. The van der Waals surface area contributed by atoms with Crippen molar-refractivity contribution in [3.05, 3.63) is 12.5 Å². The zero-order chi connectivity index (χ0) is 10.8. The van der Waals surface area contributed by atoms with Gasteiger partial charge in [0.2, 0.25) is 0 Å². The zero-order valence-electron chi connectivity index (χ0n) is 8.01. The molecule has 0 aliphatic heterocycles. The minimum absolute atomic E-state index is 0.0150. The lowest BCUT2D eigenvalue weighted by Gasteiger charge is -2.05. The van der Waals surface area contributed by atoms with Gasteiger partial charge in [-0.2, -0.15) is 0 Å². The highest BCUT2D eigenvalue weighted by Crippen LogP contribution is 2.03. The van der Waals surface area contributed by atoms with Gasteiger partial charge in [0.25, 0.3) is 10.0 Å². The molecule has 1 atom stereocenters. The highest BCUT2D eigenvalue weighted by atomic mass is 32.2. The SMILES string of the molecule is C[C@@H](O)CNS(=O)(=O)c1cn(C)cn1. The van der Waals surface area contributed by atoms with Crippen LogP contribution in [0.5, 0.6) is 0 Å². The summed E-state index contributed by atoms with van der Waals surface area (Å²) in [4.78, 5) is 3.70. The van der Waals surface area contributed by atoms with Crippen LogP contribution in [-0.2, 0) is 17.1 Å². The lowest BCUT2D eigenvalue weighted by Crippen LogP contribution is -2.30. The Morgan fingerprint density at radius 2 is 2.36 bits per heavy atom. The molecular formula is C7H13N3O3S. The fourth-order valence-electron chi connectivity index (χ4n) is 0.832. The third-order valence-corrected chi connectivity index (χ3v) is 2.83. The maximum absolute atomic E-state index is 11.5. The number of sulfonamides is 1. The molecule has 0 aromatic carbocycles. The number of aromatic nitrogens is 2. The zero-order valence-corrected chi connectivity index (χ0v) is 8.82. The molecule has 0 amide bonds. The van der Waals surface area contributed by atoms with Crippen LogP contribution in [-0.4, -0.2) is 35.7 Å².